The van der Waals surface area contributed by atoms with Crippen LogP contribution in [0.25, 0.3) is 0 Å². The van der Waals surface area contributed by atoms with Crippen LogP contribution in [0.4, 0.5) is 0 Å². The summed E-state index contributed by atoms with van der Waals surface area (Å²) in [6.45, 7) is 4.00. The third kappa shape index (κ3) is 2.06. The summed E-state index contributed by atoms with van der Waals surface area (Å²) in [6, 6.07) is 10.1. The van der Waals surface area contributed by atoms with Crippen LogP contribution in [-0.2, 0) is 10.2 Å². The number of fused-ring (bicyclic) bond motifs is 1. The Labute approximate surface area is 109 Å². The Kier molecular flexibility index (Phi) is 3.52. The monoisotopic (exact) mass is 241 g/mol. The first-order valence-corrected chi connectivity index (χ1v) is 6.77. The maximum absolute atomic E-state index is 11.3. The zero-order valence-electron chi connectivity index (χ0n) is 11.1. The molecule has 0 bridgehead atoms. The van der Waals surface area contributed by atoms with E-state index in [1.54, 1.807) is 0 Å². The fraction of sp³-hybridized carbons (Fsp3) is 0.500. The van der Waals surface area contributed by atoms with Crippen LogP contribution in [0.2, 0.25) is 0 Å². The number of nitriles is 1. The van der Waals surface area contributed by atoms with Crippen molar-refractivity contribution in [1.29, 1.82) is 5.26 Å². The van der Waals surface area contributed by atoms with Crippen molar-refractivity contribution in [2.75, 3.05) is 0 Å². The Morgan fingerprint density at radius 2 is 2.17 bits per heavy atom. The van der Waals surface area contributed by atoms with Gasteiger partial charge in [-0.3, -0.25) is 4.79 Å². The van der Waals surface area contributed by atoms with Gasteiger partial charge in [-0.2, -0.15) is 5.26 Å². The van der Waals surface area contributed by atoms with Crippen molar-refractivity contribution in [3.05, 3.63) is 35.4 Å². The molecule has 0 amide bonds. The summed E-state index contributed by atoms with van der Waals surface area (Å²) in [5, 5.41) is 8.90. The standard InChI is InChI=1S/C14H13NO.C2H6/c15-9-10-2-1-3-11(6-10)14-5-4-13(16)7-12(14)8-14;1-2/h1-3,6,12H,4-5,7-8H2;1-2H3. The molecule has 3 rings (SSSR count). The van der Waals surface area contributed by atoms with E-state index in [9.17, 15) is 4.79 Å². The molecule has 0 radical (unpaired) electrons. The molecule has 2 aliphatic rings. The third-order valence-corrected chi connectivity index (χ3v) is 4.12. The van der Waals surface area contributed by atoms with Crippen LogP contribution in [-0.4, -0.2) is 5.78 Å². The number of Topliss-reactive ketones (excluding diaryl/α,β-unsaturated/α-hetero) is 1. The fourth-order valence-electron chi connectivity index (χ4n) is 3.09. The summed E-state index contributed by atoms with van der Waals surface area (Å²) in [5.74, 6) is 0.956. The van der Waals surface area contributed by atoms with Gasteiger partial charge in [0.1, 0.15) is 5.78 Å². The van der Waals surface area contributed by atoms with Gasteiger partial charge in [-0.1, -0.05) is 26.0 Å². The number of hydrogen-bond acceptors (Lipinski definition) is 2. The van der Waals surface area contributed by atoms with Gasteiger partial charge in [0.05, 0.1) is 11.6 Å². The molecule has 1 aromatic rings. The first kappa shape index (κ1) is 12.8. The number of benzene rings is 1. The molecule has 94 valence electrons. The van der Waals surface area contributed by atoms with Gasteiger partial charge in [0.2, 0.25) is 0 Å². The summed E-state index contributed by atoms with van der Waals surface area (Å²) in [4.78, 5) is 11.3. The summed E-state index contributed by atoms with van der Waals surface area (Å²) in [5.41, 5.74) is 2.24. The number of nitrogens with zero attached hydrogens (tertiary/aromatic N) is 1. The van der Waals surface area contributed by atoms with E-state index in [1.165, 1.54) is 5.56 Å². The van der Waals surface area contributed by atoms with Gasteiger partial charge in [-0.05, 0) is 41.9 Å². The van der Waals surface area contributed by atoms with Crippen molar-refractivity contribution in [3.63, 3.8) is 0 Å². The molecule has 2 aliphatic carbocycles. The molecule has 2 atom stereocenters. The predicted octanol–water partition coefficient (Wildman–Crippen LogP) is 3.60. The molecule has 0 spiro atoms. The minimum Gasteiger partial charge on any atom is -0.300 e. The van der Waals surface area contributed by atoms with Crippen LogP contribution in [0, 0.1) is 17.2 Å². The zero-order valence-corrected chi connectivity index (χ0v) is 11.1. The van der Waals surface area contributed by atoms with Gasteiger partial charge in [0.15, 0.2) is 0 Å². The van der Waals surface area contributed by atoms with Crippen molar-refractivity contribution in [3.8, 4) is 6.07 Å². The highest BCUT2D eigenvalue weighted by Gasteiger charge is 2.57. The molecule has 0 saturated heterocycles. The molecule has 0 aromatic heterocycles. The third-order valence-electron chi connectivity index (χ3n) is 4.12. The lowest BCUT2D eigenvalue weighted by Gasteiger charge is -2.21. The van der Waals surface area contributed by atoms with E-state index < -0.39 is 0 Å². The number of carbonyl (C=O) groups is 1. The molecule has 1 aromatic carbocycles. The molecule has 2 fully saturated rings. The number of ketones is 1. The number of carbonyl (C=O) groups excluding carboxylic acids is 1. The topological polar surface area (TPSA) is 40.9 Å². The van der Waals surface area contributed by atoms with E-state index in [1.807, 2.05) is 32.0 Å². The van der Waals surface area contributed by atoms with Crippen LogP contribution in [0.15, 0.2) is 24.3 Å². The first-order chi connectivity index (χ1) is 8.74. The molecule has 2 nitrogen and oxygen atoms in total. The second-order valence-electron chi connectivity index (χ2n) is 4.99. The van der Waals surface area contributed by atoms with Gasteiger partial charge in [0, 0.05) is 12.8 Å². The Hall–Kier alpha value is -1.62. The highest BCUT2D eigenvalue weighted by Crippen LogP contribution is 2.61. The highest BCUT2D eigenvalue weighted by atomic mass is 16.1. The molecular weight excluding hydrogens is 222 g/mol. The summed E-state index contributed by atoms with van der Waals surface area (Å²) in [6.07, 6.45) is 3.57. The smallest absolute Gasteiger partial charge is 0.133 e. The lowest BCUT2D eigenvalue weighted by atomic mass is 9.82. The lowest BCUT2D eigenvalue weighted by molar-refractivity contribution is -0.120. The molecule has 2 unspecified atom stereocenters. The van der Waals surface area contributed by atoms with Gasteiger partial charge < -0.3 is 0 Å². The van der Waals surface area contributed by atoms with Gasteiger partial charge >= 0.3 is 0 Å². The van der Waals surface area contributed by atoms with Gasteiger partial charge in [0.25, 0.3) is 0 Å². The molecule has 2 heteroatoms. The Bertz CT molecular complexity index is 500. The molecule has 0 N–H and O–H groups in total. The van der Waals surface area contributed by atoms with Crippen molar-refractivity contribution >= 4 is 5.78 Å². The van der Waals surface area contributed by atoms with Gasteiger partial charge in [-0.15, -0.1) is 0 Å². The summed E-state index contributed by atoms with van der Waals surface area (Å²) >= 11 is 0. The molecule has 18 heavy (non-hydrogen) atoms. The second kappa shape index (κ2) is 4.94. The maximum Gasteiger partial charge on any atom is 0.133 e. The van der Waals surface area contributed by atoms with Crippen LogP contribution in [0.5, 0.6) is 0 Å². The van der Waals surface area contributed by atoms with E-state index in [-0.39, 0.29) is 5.41 Å². The average molecular weight is 241 g/mol. The minimum atomic E-state index is 0.237. The Morgan fingerprint density at radius 1 is 1.39 bits per heavy atom. The quantitative estimate of drug-likeness (QED) is 0.753. The maximum atomic E-state index is 11.3. The van der Waals surface area contributed by atoms with E-state index in [0.717, 1.165) is 24.8 Å². The van der Waals surface area contributed by atoms with Crippen molar-refractivity contribution in [2.24, 2.45) is 5.92 Å². The molecule has 0 heterocycles. The Morgan fingerprint density at radius 3 is 2.83 bits per heavy atom. The van der Waals surface area contributed by atoms with Crippen LogP contribution in [0.3, 0.4) is 0 Å². The summed E-state index contributed by atoms with van der Waals surface area (Å²) < 4.78 is 0. The fourth-order valence-corrected chi connectivity index (χ4v) is 3.09. The predicted molar refractivity (Wildman–Crippen MR) is 71.1 cm³/mol. The SMILES string of the molecule is CC.N#Cc1cccc(C23CCC(=O)CC2C3)c1. The lowest BCUT2D eigenvalue weighted by Crippen LogP contribution is -2.19. The van der Waals surface area contributed by atoms with Crippen molar-refractivity contribution in [1.82, 2.24) is 0 Å². The second-order valence-corrected chi connectivity index (χ2v) is 4.99. The van der Waals surface area contributed by atoms with Crippen LogP contribution in [0.1, 0.15) is 50.7 Å². The van der Waals surface area contributed by atoms with E-state index in [4.69, 9.17) is 5.26 Å². The van der Waals surface area contributed by atoms with E-state index in [2.05, 4.69) is 12.1 Å². The Balaban J connectivity index is 0.000000574. The minimum absolute atomic E-state index is 0.237. The molecular formula is C16H19NO. The zero-order chi connectivity index (χ0) is 13.2. The molecule has 0 aliphatic heterocycles. The number of rotatable bonds is 1. The van der Waals surface area contributed by atoms with Crippen molar-refractivity contribution in [2.45, 2.75) is 44.9 Å². The summed E-state index contributed by atoms with van der Waals surface area (Å²) in [7, 11) is 0. The van der Waals surface area contributed by atoms with E-state index >= 15 is 0 Å². The normalized spacial score (nSPS) is 28.5. The average Bonchev–Trinajstić information content (AvgIpc) is 3.16. The van der Waals surface area contributed by atoms with Gasteiger partial charge in [-0.25, -0.2) is 0 Å². The van der Waals surface area contributed by atoms with Crippen LogP contribution < -0.4 is 0 Å². The first-order valence-electron chi connectivity index (χ1n) is 6.77. The van der Waals surface area contributed by atoms with Crippen LogP contribution >= 0.6 is 0 Å². The largest absolute Gasteiger partial charge is 0.300 e. The molecule has 2 saturated carbocycles. The van der Waals surface area contributed by atoms with E-state index in [0.29, 0.717) is 18.1 Å². The van der Waals surface area contributed by atoms with Crippen molar-refractivity contribution < 1.29 is 4.79 Å². The number of hydrogen-bond donors (Lipinski definition) is 0. The highest BCUT2D eigenvalue weighted by molar-refractivity contribution is 5.81.